The van der Waals surface area contributed by atoms with E-state index >= 15 is 0 Å². The Morgan fingerprint density at radius 3 is 2.34 bits per heavy atom. The summed E-state index contributed by atoms with van der Waals surface area (Å²) in [4.78, 5) is 26.7. The summed E-state index contributed by atoms with van der Waals surface area (Å²) in [5.41, 5.74) is 0.633. The summed E-state index contributed by atoms with van der Waals surface area (Å²) in [5, 5.41) is 2.77. The fourth-order valence-electron chi connectivity index (χ4n) is 3.60. The second-order valence-corrected chi connectivity index (χ2v) is 9.71. The van der Waals surface area contributed by atoms with Crippen molar-refractivity contribution in [2.45, 2.75) is 65.0 Å². The fourth-order valence-corrected chi connectivity index (χ4v) is 4.92. The first-order valence-electron chi connectivity index (χ1n) is 10.4. The molecular formula is C21H33N3O4S. The molecule has 1 aliphatic rings. The Morgan fingerprint density at radius 1 is 1.14 bits per heavy atom. The lowest BCUT2D eigenvalue weighted by molar-refractivity contribution is -0.136. The van der Waals surface area contributed by atoms with Crippen LogP contribution in [0.4, 0.5) is 5.69 Å². The van der Waals surface area contributed by atoms with E-state index in [1.807, 2.05) is 13.0 Å². The van der Waals surface area contributed by atoms with Crippen molar-refractivity contribution in [3.05, 3.63) is 30.3 Å². The van der Waals surface area contributed by atoms with Gasteiger partial charge in [0.15, 0.2) is 0 Å². The van der Waals surface area contributed by atoms with Crippen LogP contribution in [0.2, 0.25) is 0 Å². The number of carbonyl (C=O) groups excluding carboxylic acids is 2. The van der Waals surface area contributed by atoms with Crippen LogP contribution in [0.15, 0.2) is 30.3 Å². The molecule has 0 heterocycles. The number of para-hydroxylation sites is 1. The summed E-state index contributed by atoms with van der Waals surface area (Å²) >= 11 is 0. The number of nitrogens with zero attached hydrogens (tertiary/aromatic N) is 1. The zero-order chi connectivity index (χ0) is 21.4. The number of benzene rings is 1. The molecule has 1 saturated carbocycles. The molecule has 1 atom stereocenters. The SMILES string of the molecule is CCCN(C(=O)CS(=O)(=O)NC1CCC(C)CC1)C(C)C(=O)Nc1ccccc1. The van der Waals surface area contributed by atoms with Crippen molar-refractivity contribution >= 4 is 27.5 Å². The Kier molecular flexibility index (Phi) is 8.64. The number of hydrogen-bond acceptors (Lipinski definition) is 4. The minimum absolute atomic E-state index is 0.109. The summed E-state index contributed by atoms with van der Waals surface area (Å²) < 4.78 is 27.7. The summed E-state index contributed by atoms with van der Waals surface area (Å²) in [6, 6.07) is 8.10. The Hall–Kier alpha value is -1.93. The third-order valence-electron chi connectivity index (χ3n) is 5.35. The molecule has 1 fully saturated rings. The summed E-state index contributed by atoms with van der Waals surface area (Å²) in [5.74, 6) is -0.924. The van der Waals surface area contributed by atoms with Crippen LogP contribution in [0.1, 0.15) is 52.9 Å². The van der Waals surface area contributed by atoms with E-state index in [4.69, 9.17) is 0 Å². The van der Waals surface area contributed by atoms with Crippen molar-refractivity contribution in [1.82, 2.24) is 9.62 Å². The van der Waals surface area contributed by atoms with Gasteiger partial charge in [-0.2, -0.15) is 0 Å². The monoisotopic (exact) mass is 423 g/mol. The largest absolute Gasteiger partial charge is 0.330 e. The maximum absolute atomic E-state index is 12.8. The summed E-state index contributed by atoms with van der Waals surface area (Å²) in [6.07, 6.45) is 4.19. The molecule has 2 amide bonds. The third-order valence-corrected chi connectivity index (χ3v) is 6.67. The first kappa shape index (κ1) is 23.3. The molecule has 0 aliphatic heterocycles. The minimum atomic E-state index is -3.75. The van der Waals surface area contributed by atoms with Crippen molar-refractivity contribution in [2.75, 3.05) is 17.6 Å². The van der Waals surface area contributed by atoms with Crippen LogP contribution in [0.5, 0.6) is 0 Å². The van der Waals surface area contributed by atoms with E-state index in [1.165, 1.54) is 4.90 Å². The van der Waals surface area contributed by atoms with E-state index < -0.39 is 27.7 Å². The third kappa shape index (κ3) is 7.44. The molecule has 1 unspecified atom stereocenters. The van der Waals surface area contributed by atoms with Gasteiger partial charge in [0, 0.05) is 18.3 Å². The predicted octanol–water partition coefficient (Wildman–Crippen LogP) is 2.75. The molecule has 2 N–H and O–H groups in total. The molecule has 162 valence electrons. The highest BCUT2D eigenvalue weighted by molar-refractivity contribution is 7.90. The van der Waals surface area contributed by atoms with Crippen molar-refractivity contribution < 1.29 is 18.0 Å². The zero-order valence-electron chi connectivity index (χ0n) is 17.6. The quantitative estimate of drug-likeness (QED) is 0.638. The first-order chi connectivity index (χ1) is 13.7. The van der Waals surface area contributed by atoms with E-state index in [1.54, 1.807) is 31.2 Å². The molecule has 0 radical (unpaired) electrons. The van der Waals surface area contributed by atoms with Gasteiger partial charge in [-0.25, -0.2) is 13.1 Å². The number of sulfonamides is 1. The average Bonchev–Trinajstić information content (AvgIpc) is 2.67. The van der Waals surface area contributed by atoms with Gasteiger partial charge >= 0.3 is 0 Å². The van der Waals surface area contributed by atoms with Crippen molar-refractivity contribution in [1.29, 1.82) is 0 Å². The maximum Gasteiger partial charge on any atom is 0.246 e. The van der Waals surface area contributed by atoms with Gasteiger partial charge in [0.25, 0.3) is 0 Å². The molecule has 1 aromatic rings. The maximum atomic E-state index is 12.8. The molecule has 2 rings (SSSR count). The lowest BCUT2D eigenvalue weighted by atomic mass is 9.88. The van der Waals surface area contributed by atoms with Crippen LogP contribution in [0.25, 0.3) is 0 Å². The molecule has 7 nitrogen and oxygen atoms in total. The fraction of sp³-hybridized carbons (Fsp3) is 0.619. The van der Waals surface area contributed by atoms with Gasteiger partial charge < -0.3 is 10.2 Å². The average molecular weight is 424 g/mol. The molecule has 29 heavy (non-hydrogen) atoms. The molecule has 0 bridgehead atoms. The van der Waals surface area contributed by atoms with Gasteiger partial charge in [-0.3, -0.25) is 9.59 Å². The van der Waals surface area contributed by atoms with Crippen molar-refractivity contribution in [3.63, 3.8) is 0 Å². The van der Waals surface area contributed by atoms with Crippen LogP contribution in [-0.4, -0.2) is 49.5 Å². The standard InChI is InChI=1S/C21H33N3O4S/c1-4-14-24(17(3)21(26)22-18-8-6-5-7-9-18)20(25)15-29(27,28)23-19-12-10-16(2)11-13-19/h5-9,16-17,19,23H,4,10-15H2,1-3H3,(H,22,26). The topological polar surface area (TPSA) is 95.6 Å². The second-order valence-electron chi connectivity index (χ2n) is 7.95. The Labute approximate surface area is 174 Å². The molecular weight excluding hydrogens is 390 g/mol. The number of nitrogens with one attached hydrogen (secondary N) is 2. The number of anilines is 1. The van der Waals surface area contributed by atoms with Gasteiger partial charge in [0.2, 0.25) is 21.8 Å². The van der Waals surface area contributed by atoms with E-state index in [0.29, 0.717) is 24.6 Å². The first-order valence-corrected chi connectivity index (χ1v) is 12.0. The summed E-state index contributed by atoms with van der Waals surface area (Å²) in [7, 11) is -3.75. The Morgan fingerprint density at radius 2 is 1.76 bits per heavy atom. The number of rotatable bonds is 9. The van der Waals surface area contributed by atoms with E-state index in [0.717, 1.165) is 25.7 Å². The van der Waals surface area contributed by atoms with Gasteiger partial charge in [0.1, 0.15) is 11.8 Å². The van der Waals surface area contributed by atoms with E-state index in [-0.39, 0.29) is 11.9 Å². The van der Waals surface area contributed by atoms with Gasteiger partial charge in [0.05, 0.1) is 0 Å². The van der Waals surface area contributed by atoms with Crippen LogP contribution >= 0.6 is 0 Å². The van der Waals surface area contributed by atoms with E-state index in [2.05, 4.69) is 17.0 Å². The lowest BCUT2D eigenvalue weighted by Gasteiger charge is -2.29. The summed E-state index contributed by atoms with van der Waals surface area (Å²) in [6.45, 7) is 5.99. The van der Waals surface area contributed by atoms with Crippen LogP contribution < -0.4 is 10.0 Å². The highest BCUT2D eigenvalue weighted by Gasteiger charge is 2.30. The van der Waals surface area contributed by atoms with Gasteiger partial charge in [-0.1, -0.05) is 32.0 Å². The second kappa shape index (κ2) is 10.7. The Bertz CT molecular complexity index is 774. The number of carbonyl (C=O) groups is 2. The molecule has 0 aromatic heterocycles. The van der Waals surface area contributed by atoms with Crippen LogP contribution in [-0.2, 0) is 19.6 Å². The van der Waals surface area contributed by atoms with Crippen molar-refractivity contribution in [3.8, 4) is 0 Å². The zero-order valence-corrected chi connectivity index (χ0v) is 18.4. The molecule has 0 saturated heterocycles. The normalized spacial score (nSPS) is 20.7. The molecule has 1 aromatic carbocycles. The minimum Gasteiger partial charge on any atom is -0.330 e. The lowest BCUT2D eigenvalue weighted by Crippen LogP contribution is -2.50. The highest BCUT2D eigenvalue weighted by atomic mass is 32.2. The molecule has 0 spiro atoms. The number of amides is 2. The van der Waals surface area contributed by atoms with E-state index in [9.17, 15) is 18.0 Å². The van der Waals surface area contributed by atoms with Gasteiger partial charge in [-0.15, -0.1) is 0 Å². The Balaban J connectivity index is 1.98. The molecule has 1 aliphatic carbocycles. The van der Waals surface area contributed by atoms with Crippen molar-refractivity contribution in [2.24, 2.45) is 5.92 Å². The molecule has 8 heteroatoms. The smallest absolute Gasteiger partial charge is 0.246 e. The van der Waals surface area contributed by atoms with Crippen LogP contribution in [0.3, 0.4) is 0 Å². The van der Waals surface area contributed by atoms with Gasteiger partial charge in [-0.05, 0) is 57.1 Å². The van der Waals surface area contributed by atoms with Crippen LogP contribution in [0, 0.1) is 5.92 Å². The predicted molar refractivity (Wildman–Crippen MR) is 115 cm³/mol. The number of hydrogen-bond donors (Lipinski definition) is 2. The highest BCUT2D eigenvalue weighted by Crippen LogP contribution is 2.24.